The third kappa shape index (κ3) is 4.74. The Balaban J connectivity index is 1.77. The summed E-state index contributed by atoms with van der Waals surface area (Å²) < 4.78 is 10.6. The first-order chi connectivity index (χ1) is 13.0. The molecule has 6 nitrogen and oxygen atoms in total. The molecule has 144 valence electrons. The molecule has 2 atom stereocenters. The molecule has 27 heavy (non-hydrogen) atoms. The molecule has 1 N–H and O–H groups in total. The number of morpholine rings is 1. The predicted molar refractivity (Wildman–Crippen MR) is 106 cm³/mol. The Morgan fingerprint density at radius 2 is 1.89 bits per heavy atom. The number of nitrogens with zero attached hydrogens (tertiary/aromatic N) is 1. The molecular weight excluding hydrogens is 364 g/mol. The van der Waals surface area contributed by atoms with Gasteiger partial charge in [0.25, 0.3) is 0 Å². The first kappa shape index (κ1) is 19.5. The molecule has 0 radical (unpaired) electrons. The van der Waals surface area contributed by atoms with E-state index in [9.17, 15) is 9.59 Å². The van der Waals surface area contributed by atoms with E-state index >= 15 is 0 Å². The van der Waals surface area contributed by atoms with Gasteiger partial charge in [0.2, 0.25) is 5.91 Å². The minimum Gasteiger partial charge on any atom is -0.465 e. The normalized spacial score (nSPS) is 20.3. The van der Waals surface area contributed by atoms with Gasteiger partial charge in [-0.05, 0) is 19.4 Å². The summed E-state index contributed by atoms with van der Waals surface area (Å²) in [6.45, 7) is 5.68. The van der Waals surface area contributed by atoms with Crippen LogP contribution < -0.4 is 5.32 Å². The Hall–Kier alpha value is -2.22. The molecule has 0 unspecified atom stereocenters. The predicted octanol–water partition coefficient (Wildman–Crippen LogP) is 3.25. The van der Waals surface area contributed by atoms with E-state index in [-0.39, 0.29) is 24.7 Å². The van der Waals surface area contributed by atoms with Crippen LogP contribution in [0.3, 0.4) is 0 Å². The fourth-order valence-corrected chi connectivity index (χ4v) is 4.34. The van der Waals surface area contributed by atoms with Crippen molar-refractivity contribution < 1.29 is 19.1 Å². The molecule has 7 heteroatoms. The van der Waals surface area contributed by atoms with E-state index in [2.05, 4.69) is 10.2 Å². The van der Waals surface area contributed by atoms with Gasteiger partial charge in [-0.15, -0.1) is 11.3 Å². The fraction of sp³-hybridized carbons (Fsp3) is 0.400. The van der Waals surface area contributed by atoms with Crippen LogP contribution in [-0.4, -0.2) is 55.7 Å². The lowest BCUT2D eigenvalue weighted by Gasteiger charge is -2.34. The lowest BCUT2D eigenvalue weighted by Crippen LogP contribution is -2.48. The Kier molecular flexibility index (Phi) is 6.26. The zero-order valence-electron chi connectivity index (χ0n) is 15.7. The topological polar surface area (TPSA) is 67.9 Å². The van der Waals surface area contributed by atoms with Crippen LogP contribution in [0, 0.1) is 0 Å². The molecule has 0 bridgehead atoms. The molecule has 1 aromatic carbocycles. The number of hydrogen-bond acceptors (Lipinski definition) is 6. The molecule has 1 saturated heterocycles. The molecule has 1 aliphatic rings. The number of thiophene rings is 1. The molecule has 2 heterocycles. The Morgan fingerprint density at radius 1 is 1.22 bits per heavy atom. The number of nitrogens with one attached hydrogen (secondary N) is 1. The van der Waals surface area contributed by atoms with Crippen LogP contribution in [0.1, 0.15) is 24.2 Å². The maximum atomic E-state index is 12.6. The Labute approximate surface area is 163 Å². The summed E-state index contributed by atoms with van der Waals surface area (Å²) in [7, 11) is 1.34. The third-order valence-corrected chi connectivity index (χ3v) is 5.28. The van der Waals surface area contributed by atoms with E-state index in [4.69, 9.17) is 9.47 Å². The van der Waals surface area contributed by atoms with Crippen molar-refractivity contribution >= 4 is 28.2 Å². The average Bonchev–Trinajstić information content (AvgIpc) is 3.04. The molecule has 1 aromatic heterocycles. The highest BCUT2D eigenvalue weighted by molar-refractivity contribution is 7.15. The summed E-state index contributed by atoms with van der Waals surface area (Å²) in [5.41, 5.74) is 2.06. The van der Waals surface area contributed by atoms with Crippen molar-refractivity contribution in [3.63, 3.8) is 0 Å². The van der Waals surface area contributed by atoms with Crippen molar-refractivity contribution in [2.75, 3.05) is 32.1 Å². The molecule has 1 aliphatic heterocycles. The van der Waals surface area contributed by atoms with E-state index in [0.29, 0.717) is 23.7 Å². The summed E-state index contributed by atoms with van der Waals surface area (Å²) in [6, 6.07) is 9.59. The van der Waals surface area contributed by atoms with Gasteiger partial charge >= 0.3 is 5.97 Å². The van der Waals surface area contributed by atoms with Crippen LogP contribution in [0.15, 0.2) is 35.7 Å². The average molecular weight is 388 g/mol. The summed E-state index contributed by atoms with van der Waals surface area (Å²) >= 11 is 1.33. The second kappa shape index (κ2) is 8.65. The Morgan fingerprint density at radius 3 is 2.52 bits per heavy atom. The fourth-order valence-electron chi connectivity index (χ4n) is 3.37. The van der Waals surface area contributed by atoms with Crippen LogP contribution in [0.25, 0.3) is 11.1 Å². The number of anilines is 1. The van der Waals surface area contributed by atoms with E-state index < -0.39 is 5.97 Å². The van der Waals surface area contributed by atoms with E-state index in [1.165, 1.54) is 18.4 Å². The van der Waals surface area contributed by atoms with Crippen molar-refractivity contribution in [1.29, 1.82) is 0 Å². The van der Waals surface area contributed by atoms with Crippen LogP contribution in [-0.2, 0) is 14.3 Å². The molecule has 0 aliphatic carbocycles. The van der Waals surface area contributed by atoms with Crippen LogP contribution >= 0.6 is 11.3 Å². The minimum absolute atomic E-state index is 0.0959. The first-order valence-electron chi connectivity index (χ1n) is 8.90. The SMILES string of the molecule is COC(=O)c1c(-c2ccccc2)csc1NC(=O)CN1C[C@H](C)O[C@@H](C)C1. The van der Waals surface area contributed by atoms with Crippen LogP contribution in [0.2, 0.25) is 0 Å². The zero-order valence-corrected chi connectivity index (χ0v) is 16.5. The highest BCUT2D eigenvalue weighted by Crippen LogP contribution is 2.36. The first-order valence-corrected chi connectivity index (χ1v) is 9.78. The largest absolute Gasteiger partial charge is 0.465 e. The smallest absolute Gasteiger partial charge is 0.341 e. The molecule has 3 rings (SSSR count). The number of carbonyl (C=O) groups is 2. The molecule has 0 spiro atoms. The summed E-state index contributed by atoms with van der Waals surface area (Å²) in [4.78, 5) is 27.0. The number of amides is 1. The zero-order chi connectivity index (χ0) is 19.4. The maximum Gasteiger partial charge on any atom is 0.341 e. The molecular formula is C20H24N2O4S. The molecule has 1 amide bonds. The lowest BCUT2D eigenvalue weighted by atomic mass is 10.0. The molecule has 1 fully saturated rings. The van der Waals surface area contributed by atoms with Crippen molar-refractivity contribution in [1.82, 2.24) is 4.90 Å². The standard InChI is InChI=1S/C20H24N2O4S/c1-13-9-22(10-14(2)26-13)11-17(23)21-19-18(20(24)25-3)16(12-27-19)15-7-5-4-6-8-15/h4-8,12-14H,9-11H2,1-3H3,(H,21,23)/t13-,14-/m0/s1. The number of ether oxygens (including phenoxy) is 2. The summed E-state index contributed by atoms with van der Waals surface area (Å²) in [6.07, 6.45) is 0.192. The van der Waals surface area contributed by atoms with Gasteiger partial charge in [-0.1, -0.05) is 30.3 Å². The van der Waals surface area contributed by atoms with Gasteiger partial charge in [0, 0.05) is 24.0 Å². The maximum absolute atomic E-state index is 12.6. The Bertz CT molecular complexity index is 796. The number of benzene rings is 1. The second-order valence-electron chi connectivity index (χ2n) is 6.71. The monoisotopic (exact) mass is 388 g/mol. The summed E-state index contributed by atoms with van der Waals surface area (Å²) in [5, 5.41) is 5.27. The van der Waals surface area contributed by atoms with Crippen molar-refractivity contribution in [2.45, 2.75) is 26.1 Å². The van der Waals surface area contributed by atoms with Crippen LogP contribution in [0.5, 0.6) is 0 Å². The lowest BCUT2D eigenvalue weighted by molar-refractivity contribution is -0.121. The van der Waals surface area contributed by atoms with E-state index in [1.54, 1.807) is 0 Å². The number of rotatable bonds is 5. The van der Waals surface area contributed by atoms with E-state index in [1.807, 2.05) is 49.6 Å². The highest BCUT2D eigenvalue weighted by atomic mass is 32.1. The molecule has 0 saturated carbocycles. The summed E-state index contributed by atoms with van der Waals surface area (Å²) in [5.74, 6) is -0.609. The van der Waals surface area contributed by atoms with Crippen molar-refractivity contribution in [3.05, 3.63) is 41.3 Å². The van der Waals surface area contributed by atoms with Gasteiger partial charge in [0.1, 0.15) is 10.6 Å². The third-order valence-electron chi connectivity index (χ3n) is 4.38. The van der Waals surface area contributed by atoms with Gasteiger partial charge in [0.05, 0.1) is 25.9 Å². The second-order valence-corrected chi connectivity index (χ2v) is 7.59. The van der Waals surface area contributed by atoms with Gasteiger partial charge < -0.3 is 14.8 Å². The van der Waals surface area contributed by atoms with Gasteiger partial charge in [-0.25, -0.2) is 4.79 Å². The van der Waals surface area contributed by atoms with Gasteiger partial charge in [-0.2, -0.15) is 0 Å². The number of esters is 1. The molecule has 2 aromatic rings. The highest BCUT2D eigenvalue weighted by Gasteiger charge is 2.26. The quantitative estimate of drug-likeness (QED) is 0.797. The van der Waals surface area contributed by atoms with Gasteiger partial charge in [-0.3, -0.25) is 9.69 Å². The van der Waals surface area contributed by atoms with Gasteiger partial charge in [0.15, 0.2) is 0 Å². The van der Waals surface area contributed by atoms with Crippen molar-refractivity contribution in [2.24, 2.45) is 0 Å². The number of methoxy groups -OCH3 is 1. The number of carbonyl (C=O) groups excluding carboxylic acids is 2. The minimum atomic E-state index is -0.459. The van der Waals surface area contributed by atoms with E-state index in [0.717, 1.165) is 11.1 Å². The van der Waals surface area contributed by atoms with Crippen LogP contribution in [0.4, 0.5) is 5.00 Å². The van der Waals surface area contributed by atoms with Crippen molar-refractivity contribution in [3.8, 4) is 11.1 Å². The number of hydrogen-bond donors (Lipinski definition) is 1.